The van der Waals surface area contributed by atoms with Gasteiger partial charge in [-0.1, -0.05) is 48.5 Å². The van der Waals surface area contributed by atoms with Gasteiger partial charge in [-0.05, 0) is 80.8 Å². The van der Waals surface area contributed by atoms with Crippen molar-refractivity contribution in [3.05, 3.63) is 119 Å². The van der Waals surface area contributed by atoms with Crippen LogP contribution in [0.15, 0.2) is 107 Å². The van der Waals surface area contributed by atoms with Gasteiger partial charge < -0.3 is 25.3 Å². The average Bonchev–Trinajstić information content (AvgIpc) is 3.03. The van der Waals surface area contributed by atoms with Crippen LogP contribution in [0.25, 0.3) is 43.1 Å². The Morgan fingerprint density at radius 2 is 0.614 bits per heavy atom. The van der Waals surface area contributed by atoms with Crippen LogP contribution in [0.5, 0.6) is 0 Å². The Morgan fingerprint density at radius 1 is 0.341 bits per heavy atom. The summed E-state index contributed by atoms with van der Waals surface area (Å²) < 4.78 is 0. The number of anilines is 2. The number of benzene rings is 7. The molecule has 0 saturated carbocycles. The summed E-state index contributed by atoms with van der Waals surface area (Å²) in [5.41, 5.74) is 2.65. The molecule has 44 heavy (non-hydrogen) atoms. The van der Waals surface area contributed by atoms with E-state index in [1.165, 1.54) is 9.80 Å². The molecule has 9 rings (SSSR count). The monoisotopic (exact) mass is 604 g/mol. The first-order valence-corrected chi connectivity index (χ1v) is 14.7. The number of hydrogen-bond donors (Lipinski definition) is 0. The molecule has 0 radical (unpaired) electrons. The maximum Gasteiger partial charge on any atom is 0.265 e. The van der Waals surface area contributed by atoms with Gasteiger partial charge in [0.25, 0.3) is 23.6 Å². The van der Waals surface area contributed by atoms with Gasteiger partial charge in [0.05, 0.1) is 11.4 Å². The maximum atomic E-state index is 13.8. The second-order valence-electron chi connectivity index (χ2n) is 11.0. The van der Waals surface area contributed by atoms with Gasteiger partial charge in [0.1, 0.15) is 0 Å². The SMILES string of the molecule is O=C1c2ccc3c4ccc5c6c(ccc(c7ccc(c2c37)C(=O)N1c1ccc([S-])cc1)c64)C(=O)N(c1ccc([S-])cc1)C5=O. The van der Waals surface area contributed by atoms with Crippen molar-refractivity contribution in [2.24, 2.45) is 0 Å². The summed E-state index contributed by atoms with van der Waals surface area (Å²) in [6, 6.07) is 28.1. The highest BCUT2D eigenvalue weighted by atomic mass is 32.1. The zero-order chi connectivity index (χ0) is 30.0. The first-order chi connectivity index (χ1) is 21.3. The van der Waals surface area contributed by atoms with Crippen molar-refractivity contribution in [1.82, 2.24) is 0 Å². The van der Waals surface area contributed by atoms with E-state index in [0.717, 1.165) is 32.3 Å². The number of hydrogen-bond acceptors (Lipinski definition) is 6. The normalized spacial score (nSPS) is 14.6. The lowest BCUT2D eigenvalue weighted by Crippen LogP contribution is -2.40. The van der Waals surface area contributed by atoms with E-state index in [4.69, 9.17) is 25.3 Å². The zero-order valence-electron chi connectivity index (χ0n) is 22.6. The number of nitrogens with zero attached hydrogens (tertiary/aromatic N) is 2. The van der Waals surface area contributed by atoms with E-state index < -0.39 is 23.6 Å². The molecule has 0 saturated heterocycles. The van der Waals surface area contributed by atoms with E-state index in [9.17, 15) is 19.2 Å². The lowest BCUT2D eigenvalue weighted by Gasteiger charge is -2.30. The summed E-state index contributed by atoms with van der Waals surface area (Å²) in [6.45, 7) is 0. The van der Waals surface area contributed by atoms with Gasteiger partial charge in [0.2, 0.25) is 0 Å². The highest BCUT2D eigenvalue weighted by Gasteiger charge is 2.37. The van der Waals surface area contributed by atoms with Crippen molar-refractivity contribution in [3.8, 4) is 0 Å². The first-order valence-electron chi connectivity index (χ1n) is 13.9. The van der Waals surface area contributed by atoms with Gasteiger partial charge in [-0.15, -0.1) is 0 Å². The number of amides is 4. The highest BCUT2D eigenvalue weighted by molar-refractivity contribution is 7.59. The van der Waals surface area contributed by atoms with Crippen molar-refractivity contribution >= 4 is 103 Å². The molecule has 2 aliphatic rings. The number of carbonyl (C=O) groups is 4. The summed E-state index contributed by atoms with van der Waals surface area (Å²) in [4.78, 5) is 59.0. The molecule has 0 aliphatic carbocycles. The molecule has 0 unspecified atom stereocenters. The second kappa shape index (κ2) is 8.57. The Morgan fingerprint density at radius 3 is 0.886 bits per heavy atom. The minimum absolute atomic E-state index is 0.403. The first kappa shape index (κ1) is 25.1. The molecule has 7 aromatic carbocycles. The van der Waals surface area contributed by atoms with Gasteiger partial charge in [-0.3, -0.25) is 19.2 Å². The van der Waals surface area contributed by atoms with Gasteiger partial charge in [0, 0.05) is 33.0 Å². The molecule has 2 aliphatic heterocycles. The molecule has 0 aromatic heterocycles. The quantitative estimate of drug-likeness (QED) is 0.0903. The number of carbonyl (C=O) groups excluding carboxylic acids is 4. The lowest BCUT2D eigenvalue weighted by atomic mass is 9.82. The zero-order valence-corrected chi connectivity index (χ0v) is 24.2. The Bertz CT molecular complexity index is 2190. The molecule has 0 fully saturated rings. The van der Waals surface area contributed by atoms with Crippen LogP contribution < -0.4 is 9.80 Å². The minimum Gasteiger partial charge on any atom is -0.780 e. The molecule has 7 aromatic rings. The van der Waals surface area contributed by atoms with E-state index in [1.54, 1.807) is 72.8 Å². The largest absolute Gasteiger partial charge is 0.780 e. The average molecular weight is 605 g/mol. The highest BCUT2D eigenvalue weighted by Crippen LogP contribution is 2.46. The van der Waals surface area contributed by atoms with Crippen molar-refractivity contribution < 1.29 is 19.2 Å². The summed E-state index contributed by atoms with van der Waals surface area (Å²) in [5, 5.41) is 6.17. The van der Waals surface area contributed by atoms with Crippen molar-refractivity contribution in [3.63, 3.8) is 0 Å². The van der Waals surface area contributed by atoms with Crippen LogP contribution >= 0.6 is 0 Å². The minimum atomic E-state index is -0.403. The van der Waals surface area contributed by atoms with E-state index in [0.29, 0.717) is 54.2 Å². The molecule has 8 heteroatoms. The predicted octanol–water partition coefficient (Wildman–Crippen LogP) is 7.15. The molecule has 4 amide bonds. The maximum absolute atomic E-state index is 13.8. The third kappa shape index (κ3) is 3.08. The Hall–Kier alpha value is -5.44. The van der Waals surface area contributed by atoms with Gasteiger partial charge in [0.15, 0.2) is 0 Å². The third-order valence-electron chi connectivity index (χ3n) is 8.83. The third-order valence-corrected chi connectivity index (χ3v) is 9.37. The van der Waals surface area contributed by atoms with Crippen LogP contribution in [0, 0.1) is 0 Å². The molecule has 2 heterocycles. The second-order valence-corrected chi connectivity index (χ2v) is 12.0. The molecule has 208 valence electrons. The summed E-state index contributed by atoms with van der Waals surface area (Å²) in [5.74, 6) is -1.61. The van der Waals surface area contributed by atoms with E-state index >= 15 is 0 Å². The smallest absolute Gasteiger partial charge is 0.265 e. The number of rotatable bonds is 2. The van der Waals surface area contributed by atoms with Crippen LogP contribution in [0.3, 0.4) is 0 Å². The number of imide groups is 2. The summed E-state index contributed by atoms with van der Waals surface area (Å²) >= 11 is 10.4. The van der Waals surface area contributed by atoms with Gasteiger partial charge in [-0.25, -0.2) is 9.80 Å². The van der Waals surface area contributed by atoms with Crippen molar-refractivity contribution in [2.75, 3.05) is 9.80 Å². The van der Waals surface area contributed by atoms with E-state index in [2.05, 4.69) is 0 Å². The Kier molecular flexibility index (Phi) is 4.88. The molecule has 0 atom stereocenters. The lowest BCUT2D eigenvalue weighted by molar-refractivity contribution is 0.0877. The van der Waals surface area contributed by atoms with Gasteiger partial charge in [-0.2, -0.15) is 9.79 Å². The molecular weight excluding hydrogens is 589 g/mol. The standard InChI is InChI=1S/C36H18N2O4S2/c39-33-25-13-9-21-23-11-15-27-32-28(36(42)38(35(27)41)18-3-7-20(44)8-4-18)16-12-24(30(23)32)22-10-14-26(31(25)29(21)22)34(40)37(33)17-1-5-19(43)6-2-17/h1-16,43-44H/p-2. The topological polar surface area (TPSA) is 74.8 Å². The number of fused-ring (bicyclic) bond motifs is 2. The van der Waals surface area contributed by atoms with Crippen molar-refractivity contribution in [1.29, 1.82) is 0 Å². The summed E-state index contributed by atoms with van der Waals surface area (Å²) in [6.07, 6.45) is 0. The molecule has 0 bridgehead atoms. The predicted molar refractivity (Wildman–Crippen MR) is 174 cm³/mol. The van der Waals surface area contributed by atoms with Crippen LogP contribution in [0.1, 0.15) is 41.4 Å². The van der Waals surface area contributed by atoms with E-state index in [1.807, 2.05) is 24.3 Å². The fourth-order valence-corrected chi connectivity index (χ4v) is 7.20. The fourth-order valence-electron chi connectivity index (χ4n) is 6.93. The fraction of sp³-hybridized carbons (Fsp3) is 0. The molecule has 0 spiro atoms. The van der Waals surface area contributed by atoms with Gasteiger partial charge >= 0.3 is 0 Å². The van der Waals surface area contributed by atoms with Crippen LogP contribution in [-0.4, -0.2) is 23.6 Å². The van der Waals surface area contributed by atoms with E-state index in [-0.39, 0.29) is 0 Å². The summed E-state index contributed by atoms with van der Waals surface area (Å²) in [7, 11) is 0. The molecule has 0 N–H and O–H groups in total. The van der Waals surface area contributed by atoms with Crippen LogP contribution in [0.4, 0.5) is 11.4 Å². The van der Waals surface area contributed by atoms with Crippen LogP contribution in [-0.2, 0) is 25.3 Å². The molecular formula is C36H16N2O4S2-2. The molecule has 6 nitrogen and oxygen atoms in total. The van der Waals surface area contributed by atoms with Crippen molar-refractivity contribution in [2.45, 2.75) is 9.79 Å². The Labute approximate surface area is 260 Å². The Balaban J connectivity index is 1.31. The van der Waals surface area contributed by atoms with Crippen LogP contribution in [0.2, 0.25) is 0 Å².